The van der Waals surface area contributed by atoms with E-state index in [9.17, 15) is 19.5 Å². The minimum atomic E-state index is -1.06. The number of fused-ring (bicyclic) bond motifs is 3. The van der Waals surface area contributed by atoms with Crippen LogP contribution in [0.5, 0.6) is 0 Å². The van der Waals surface area contributed by atoms with Crippen molar-refractivity contribution < 1.29 is 24.2 Å². The molecule has 35 heavy (non-hydrogen) atoms. The van der Waals surface area contributed by atoms with E-state index < -0.39 is 24.0 Å². The summed E-state index contributed by atoms with van der Waals surface area (Å²) in [5, 5.41) is 14.8. The van der Waals surface area contributed by atoms with E-state index in [-0.39, 0.29) is 36.8 Å². The van der Waals surface area contributed by atoms with Gasteiger partial charge in [0.2, 0.25) is 5.91 Å². The Morgan fingerprint density at radius 1 is 0.886 bits per heavy atom. The third kappa shape index (κ3) is 6.84. The zero-order chi connectivity index (χ0) is 25.5. The molecule has 1 aliphatic carbocycles. The number of alkyl carbamates (subject to hydrolysis) is 1. The third-order valence-electron chi connectivity index (χ3n) is 6.28. The fourth-order valence-electron chi connectivity index (χ4n) is 4.69. The highest BCUT2D eigenvalue weighted by molar-refractivity contribution is 5.85. The summed E-state index contributed by atoms with van der Waals surface area (Å²) >= 11 is 0. The van der Waals surface area contributed by atoms with Gasteiger partial charge in [0.1, 0.15) is 12.6 Å². The zero-order valence-corrected chi connectivity index (χ0v) is 20.9. The fourth-order valence-corrected chi connectivity index (χ4v) is 4.69. The van der Waals surface area contributed by atoms with Gasteiger partial charge in [0.15, 0.2) is 0 Å². The van der Waals surface area contributed by atoms with Crippen molar-refractivity contribution in [2.24, 2.45) is 17.8 Å². The van der Waals surface area contributed by atoms with Gasteiger partial charge in [0, 0.05) is 12.5 Å². The van der Waals surface area contributed by atoms with Crippen molar-refractivity contribution in [1.82, 2.24) is 10.6 Å². The Bertz CT molecular complexity index is 1000. The lowest BCUT2D eigenvalue weighted by atomic mass is 9.95. The first-order chi connectivity index (χ1) is 16.7. The molecule has 2 aromatic carbocycles. The van der Waals surface area contributed by atoms with Gasteiger partial charge in [-0.25, -0.2) is 9.59 Å². The molecule has 1 aliphatic rings. The van der Waals surface area contributed by atoms with Crippen LogP contribution in [-0.4, -0.2) is 42.3 Å². The molecule has 0 bridgehead atoms. The minimum Gasteiger partial charge on any atom is -0.480 e. The number of carbonyl (C=O) groups excluding carboxylic acids is 2. The van der Waals surface area contributed by atoms with Crippen LogP contribution in [-0.2, 0) is 14.3 Å². The van der Waals surface area contributed by atoms with Crippen LogP contribution >= 0.6 is 0 Å². The number of rotatable bonds is 11. The van der Waals surface area contributed by atoms with Gasteiger partial charge < -0.3 is 20.5 Å². The highest BCUT2D eigenvalue weighted by Gasteiger charge is 2.30. The van der Waals surface area contributed by atoms with Gasteiger partial charge in [0.05, 0.1) is 5.92 Å². The number of benzene rings is 2. The maximum absolute atomic E-state index is 12.9. The molecule has 7 nitrogen and oxygen atoms in total. The van der Waals surface area contributed by atoms with Crippen LogP contribution in [0.2, 0.25) is 0 Å². The molecule has 3 rings (SSSR count). The SMILES string of the molecule is CC(C)CC(CNC(=O)OCC1c2ccccc2-c2ccccc21)C(=O)N[C@H](CC(C)C)C(=O)O. The van der Waals surface area contributed by atoms with Gasteiger partial charge in [0.25, 0.3) is 0 Å². The largest absolute Gasteiger partial charge is 0.480 e. The lowest BCUT2D eigenvalue weighted by molar-refractivity contribution is -0.143. The molecule has 0 spiro atoms. The molecule has 0 saturated carbocycles. The number of hydrogen-bond acceptors (Lipinski definition) is 4. The van der Waals surface area contributed by atoms with Crippen LogP contribution < -0.4 is 10.6 Å². The van der Waals surface area contributed by atoms with E-state index in [1.54, 1.807) is 0 Å². The van der Waals surface area contributed by atoms with Crippen molar-refractivity contribution in [2.75, 3.05) is 13.2 Å². The smallest absolute Gasteiger partial charge is 0.407 e. The van der Waals surface area contributed by atoms with Crippen molar-refractivity contribution in [3.63, 3.8) is 0 Å². The summed E-state index contributed by atoms with van der Waals surface area (Å²) in [5.41, 5.74) is 4.56. The average Bonchev–Trinajstić information content (AvgIpc) is 3.13. The van der Waals surface area contributed by atoms with E-state index in [1.807, 2.05) is 52.0 Å². The number of aliphatic carboxylic acids is 1. The average molecular weight is 481 g/mol. The van der Waals surface area contributed by atoms with Gasteiger partial charge in [-0.3, -0.25) is 4.79 Å². The van der Waals surface area contributed by atoms with E-state index in [0.717, 1.165) is 22.3 Å². The second-order valence-corrected chi connectivity index (χ2v) is 10.1. The van der Waals surface area contributed by atoms with Crippen LogP contribution in [0.15, 0.2) is 48.5 Å². The molecular weight excluding hydrogens is 444 g/mol. The Labute approximate surface area is 207 Å². The van der Waals surface area contributed by atoms with Crippen LogP contribution in [0.3, 0.4) is 0 Å². The number of ether oxygens (including phenoxy) is 1. The van der Waals surface area contributed by atoms with Crippen LogP contribution in [0.4, 0.5) is 4.79 Å². The van der Waals surface area contributed by atoms with E-state index in [4.69, 9.17) is 4.74 Å². The molecular formula is C28H36N2O5. The van der Waals surface area contributed by atoms with E-state index in [0.29, 0.717) is 12.8 Å². The fraction of sp³-hybridized carbons (Fsp3) is 0.464. The monoisotopic (exact) mass is 480 g/mol. The molecule has 0 radical (unpaired) electrons. The first-order valence-corrected chi connectivity index (χ1v) is 12.3. The summed E-state index contributed by atoms with van der Waals surface area (Å²) in [6, 6.07) is 15.3. The number of amides is 2. The predicted molar refractivity (Wildman–Crippen MR) is 135 cm³/mol. The Balaban J connectivity index is 1.59. The second kappa shape index (κ2) is 11.9. The maximum atomic E-state index is 12.9. The Kier molecular flexibility index (Phi) is 8.90. The van der Waals surface area contributed by atoms with Crippen molar-refractivity contribution in [3.05, 3.63) is 59.7 Å². The van der Waals surface area contributed by atoms with Gasteiger partial charge in [-0.05, 0) is 46.9 Å². The Morgan fingerprint density at radius 3 is 1.94 bits per heavy atom. The summed E-state index contributed by atoms with van der Waals surface area (Å²) < 4.78 is 5.57. The minimum absolute atomic E-state index is 0.0460. The molecule has 0 aliphatic heterocycles. The van der Waals surface area contributed by atoms with Crippen LogP contribution in [0.1, 0.15) is 57.6 Å². The van der Waals surface area contributed by atoms with Gasteiger partial charge in [-0.15, -0.1) is 0 Å². The topological polar surface area (TPSA) is 105 Å². The third-order valence-corrected chi connectivity index (χ3v) is 6.28. The number of hydrogen-bond donors (Lipinski definition) is 3. The molecule has 1 unspecified atom stereocenters. The van der Waals surface area contributed by atoms with E-state index in [2.05, 4.69) is 34.9 Å². The highest BCUT2D eigenvalue weighted by atomic mass is 16.5. The van der Waals surface area contributed by atoms with Crippen molar-refractivity contribution in [2.45, 2.75) is 52.5 Å². The van der Waals surface area contributed by atoms with Crippen LogP contribution in [0, 0.1) is 17.8 Å². The molecule has 0 aromatic heterocycles. The summed E-state index contributed by atoms with van der Waals surface area (Å²) in [7, 11) is 0. The number of carboxylic acids is 1. The number of carboxylic acid groups (broad SMARTS) is 1. The quantitative estimate of drug-likeness (QED) is 0.428. The molecule has 2 atom stereocenters. The lowest BCUT2D eigenvalue weighted by Gasteiger charge is -2.23. The standard InChI is InChI=1S/C28H36N2O5/c1-17(2)13-19(26(31)30-25(27(32)33)14-18(3)4)15-29-28(34)35-16-24-22-11-7-5-9-20(22)21-10-6-8-12-23(21)24/h5-12,17-19,24-25H,13-16H2,1-4H3,(H,29,34)(H,30,31)(H,32,33)/t19?,25-/m1/s1. The van der Waals surface area contributed by atoms with E-state index in [1.165, 1.54) is 0 Å². The second-order valence-electron chi connectivity index (χ2n) is 10.1. The Hall–Kier alpha value is -3.35. The van der Waals surface area contributed by atoms with Gasteiger partial charge in [-0.2, -0.15) is 0 Å². The summed E-state index contributed by atoms with van der Waals surface area (Å²) in [5.74, 6) is -1.70. The number of carbonyl (C=O) groups is 3. The summed E-state index contributed by atoms with van der Waals surface area (Å²) in [6.45, 7) is 8.05. The molecule has 7 heteroatoms. The molecule has 0 fully saturated rings. The van der Waals surface area contributed by atoms with Crippen molar-refractivity contribution in [3.8, 4) is 11.1 Å². The highest BCUT2D eigenvalue weighted by Crippen LogP contribution is 2.44. The zero-order valence-electron chi connectivity index (χ0n) is 20.9. The number of nitrogens with one attached hydrogen (secondary N) is 2. The van der Waals surface area contributed by atoms with Crippen molar-refractivity contribution >= 4 is 18.0 Å². The van der Waals surface area contributed by atoms with Gasteiger partial charge >= 0.3 is 12.1 Å². The molecule has 3 N–H and O–H groups in total. The Morgan fingerprint density at radius 2 is 1.43 bits per heavy atom. The summed E-state index contributed by atoms with van der Waals surface area (Å²) in [6.07, 6.45) is 0.268. The van der Waals surface area contributed by atoms with Crippen LogP contribution in [0.25, 0.3) is 11.1 Å². The van der Waals surface area contributed by atoms with Crippen molar-refractivity contribution in [1.29, 1.82) is 0 Å². The van der Waals surface area contributed by atoms with Gasteiger partial charge in [-0.1, -0.05) is 76.2 Å². The first kappa shape index (κ1) is 26.3. The molecule has 188 valence electrons. The predicted octanol–water partition coefficient (Wildman–Crippen LogP) is 4.80. The normalized spacial score (nSPS) is 14.2. The maximum Gasteiger partial charge on any atom is 0.407 e. The lowest BCUT2D eigenvalue weighted by Crippen LogP contribution is -2.47. The molecule has 2 amide bonds. The molecule has 2 aromatic rings. The molecule has 0 saturated heterocycles. The first-order valence-electron chi connectivity index (χ1n) is 12.3. The summed E-state index contributed by atoms with van der Waals surface area (Å²) in [4.78, 5) is 37.0. The molecule has 0 heterocycles. The van der Waals surface area contributed by atoms with E-state index >= 15 is 0 Å².